The van der Waals surface area contributed by atoms with E-state index in [4.69, 9.17) is 23.2 Å². The number of rotatable bonds is 7. The minimum atomic E-state index is -1.64. The van der Waals surface area contributed by atoms with Gasteiger partial charge >= 0.3 is 6.04 Å². The van der Waals surface area contributed by atoms with Crippen molar-refractivity contribution in [3.63, 3.8) is 0 Å². The first-order valence-corrected chi connectivity index (χ1v) is 11.6. The van der Waals surface area contributed by atoms with Crippen molar-refractivity contribution in [2.45, 2.75) is 39.2 Å². The summed E-state index contributed by atoms with van der Waals surface area (Å²) in [6, 6.07) is 4.23. The lowest BCUT2D eigenvalue weighted by Gasteiger charge is -2.53. The van der Waals surface area contributed by atoms with Gasteiger partial charge in [0.25, 0.3) is 0 Å². The second-order valence-corrected chi connectivity index (χ2v) is 9.58. The van der Waals surface area contributed by atoms with Gasteiger partial charge in [-0.3, -0.25) is 14.4 Å². The predicted octanol–water partition coefficient (Wildman–Crippen LogP) is 5.66. The van der Waals surface area contributed by atoms with Gasteiger partial charge in [-0.25, -0.2) is 0 Å². The van der Waals surface area contributed by atoms with E-state index in [1.165, 1.54) is 0 Å². The number of nitrogens with zero attached hydrogens (tertiary/aromatic N) is 1. The quantitative estimate of drug-likeness (QED) is 0.394. The topological polar surface area (TPSA) is 66.5 Å². The minimum Gasteiger partial charge on any atom is -0.325 e. The van der Waals surface area contributed by atoms with Crippen LogP contribution in [0.25, 0.3) is 0 Å². The Labute approximate surface area is 203 Å². The lowest BCUT2D eigenvalue weighted by atomic mass is 9.59. The van der Waals surface area contributed by atoms with Gasteiger partial charge in [0.15, 0.2) is 0 Å². The van der Waals surface area contributed by atoms with Crippen LogP contribution >= 0.6 is 23.2 Å². The molecule has 5 nitrogen and oxygen atoms in total. The molecule has 1 N–H and O–H groups in total. The Hall–Kier alpha value is -2.44. The zero-order chi connectivity index (χ0) is 24.3. The van der Waals surface area contributed by atoms with Crippen LogP contribution in [0.5, 0.6) is 0 Å². The number of anilines is 1. The van der Waals surface area contributed by atoms with Crippen molar-refractivity contribution in [1.82, 2.24) is 4.90 Å². The van der Waals surface area contributed by atoms with E-state index in [1.807, 2.05) is 19.1 Å². The fourth-order valence-electron chi connectivity index (χ4n) is 5.01. The first-order chi connectivity index (χ1) is 15.6. The Morgan fingerprint density at radius 1 is 1.33 bits per heavy atom. The second-order valence-electron chi connectivity index (χ2n) is 8.70. The molecule has 1 aliphatic heterocycles. The van der Waals surface area contributed by atoms with Crippen LogP contribution in [0.3, 0.4) is 0 Å². The van der Waals surface area contributed by atoms with Gasteiger partial charge in [0.2, 0.25) is 11.8 Å². The number of likely N-dealkylation sites (tertiary alicyclic amines) is 1. The third kappa shape index (κ3) is 5.22. The van der Waals surface area contributed by atoms with Crippen molar-refractivity contribution >= 4 is 46.7 Å². The van der Waals surface area contributed by atoms with Crippen molar-refractivity contribution in [2.75, 3.05) is 11.9 Å². The molecule has 1 fully saturated rings. The van der Waals surface area contributed by atoms with Crippen LogP contribution in [0.4, 0.5) is 10.1 Å². The summed E-state index contributed by atoms with van der Waals surface area (Å²) in [4.78, 5) is 39.6. The molecule has 1 saturated heterocycles. The van der Waals surface area contributed by atoms with Gasteiger partial charge in [-0.15, -0.1) is 0 Å². The van der Waals surface area contributed by atoms with E-state index < -0.39 is 35.9 Å². The average Bonchev–Trinajstić information content (AvgIpc) is 2.75. The number of amides is 2. The van der Waals surface area contributed by atoms with E-state index in [-0.39, 0.29) is 18.2 Å². The van der Waals surface area contributed by atoms with Crippen molar-refractivity contribution in [3.05, 3.63) is 64.7 Å². The molecule has 1 heterocycles. The monoisotopic (exact) mass is 492 g/mol. The molecule has 0 bridgehead atoms. The lowest BCUT2D eigenvalue weighted by Crippen LogP contribution is -2.64. The van der Waals surface area contributed by atoms with Crippen molar-refractivity contribution in [2.24, 2.45) is 17.3 Å². The molecule has 33 heavy (non-hydrogen) atoms. The SMILES string of the molecule is C=C(CC)[C@H]1N(CC(=O)F)C(=O)C[C@@H](C2C=C(Cl)C=CC2)C1(C)C(=O)Nc1cccc(Cl)c1. The zero-order valence-electron chi connectivity index (χ0n) is 18.6. The molecule has 1 aromatic carbocycles. The normalized spacial score (nSPS) is 27.2. The van der Waals surface area contributed by atoms with Crippen LogP contribution in [-0.2, 0) is 14.4 Å². The highest BCUT2D eigenvalue weighted by atomic mass is 35.5. The summed E-state index contributed by atoms with van der Waals surface area (Å²) in [5.74, 6) is -1.41. The molecule has 4 atom stereocenters. The maximum Gasteiger partial charge on any atom is 0.320 e. The van der Waals surface area contributed by atoms with E-state index >= 15 is 0 Å². The van der Waals surface area contributed by atoms with E-state index in [0.29, 0.717) is 34.2 Å². The average molecular weight is 493 g/mol. The molecule has 176 valence electrons. The number of piperidine rings is 1. The Morgan fingerprint density at radius 2 is 2.06 bits per heavy atom. The number of carbonyl (C=O) groups is 3. The molecule has 2 unspecified atom stereocenters. The fraction of sp³-hybridized carbons (Fsp3) is 0.400. The molecule has 0 aromatic heterocycles. The first-order valence-electron chi connectivity index (χ1n) is 10.8. The third-order valence-electron chi connectivity index (χ3n) is 6.65. The molecule has 1 aliphatic carbocycles. The molecule has 1 aromatic rings. The van der Waals surface area contributed by atoms with Crippen LogP contribution in [0, 0.1) is 17.3 Å². The Morgan fingerprint density at radius 3 is 2.67 bits per heavy atom. The molecule has 0 saturated carbocycles. The molecule has 3 rings (SSSR count). The van der Waals surface area contributed by atoms with Crippen molar-refractivity contribution < 1.29 is 18.8 Å². The zero-order valence-corrected chi connectivity index (χ0v) is 20.1. The highest BCUT2D eigenvalue weighted by Crippen LogP contribution is 2.50. The van der Waals surface area contributed by atoms with Crippen LogP contribution < -0.4 is 5.32 Å². The summed E-state index contributed by atoms with van der Waals surface area (Å²) < 4.78 is 13.5. The first kappa shape index (κ1) is 25.2. The van der Waals surface area contributed by atoms with Gasteiger partial charge in [0, 0.05) is 22.2 Å². The number of hydrogen-bond acceptors (Lipinski definition) is 3. The summed E-state index contributed by atoms with van der Waals surface area (Å²) in [6.45, 7) is 6.98. The van der Waals surface area contributed by atoms with Crippen LogP contribution in [-0.4, -0.2) is 35.3 Å². The maximum atomic E-state index is 13.9. The maximum absolute atomic E-state index is 13.9. The van der Waals surface area contributed by atoms with E-state index in [1.54, 1.807) is 37.3 Å². The van der Waals surface area contributed by atoms with Gasteiger partial charge < -0.3 is 10.2 Å². The van der Waals surface area contributed by atoms with Crippen molar-refractivity contribution in [3.8, 4) is 0 Å². The number of carbonyl (C=O) groups excluding carboxylic acids is 3. The molecular formula is C25H27Cl2FN2O3. The van der Waals surface area contributed by atoms with Crippen LogP contribution in [0.1, 0.15) is 33.1 Å². The number of halogens is 3. The van der Waals surface area contributed by atoms with E-state index in [2.05, 4.69) is 11.9 Å². The molecule has 0 radical (unpaired) electrons. The number of hydrogen-bond donors (Lipinski definition) is 1. The Balaban J connectivity index is 2.12. The summed E-state index contributed by atoms with van der Waals surface area (Å²) in [5, 5.41) is 3.91. The number of benzene rings is 1. The number of nitrogens with one attached hydrogen (secondary N) is 1. The minimum absolute atomic E-state index is 0.0284. The van der Waals surface area contributed by atoms with Crippen LogP contribution in [0.2, 0.25) is 5.02 Å². The molecular weight excluding hydrogens is 466 g/mol. The molecule has 8 heteroatoms. The Bertz CT molecular complexity index is 1040. The van der Waals surface area contributed by atoms with E-state index in [9.17, 15) is 18.8 Å². The molecule has 2 amide bonds. The molecule has 0 spiro atoms. The second kappa shape index (κ2) is 10.2. The summed E-state index contributed by atoms with van der Waals surface area (Å²) in [6.07, 6.45) is 6.56. The van der Waals surface area contributed by atoms with Crippen LogP contribution in [0.15, 0.2) is 59.7 Å². The van der Waals surface area contributed by atoms with Crippen molar-refractivity contribution in [1.29, 1.82) is 0 Å². The summed E-state index contributed by atoms with van der Waals surface area (Å²) in [7, 11) is 0. The largest absolute Gasteiger partial charge is 0.325 e. The fourth-order valence-corrected chi connectivity index (χ4v) is 5.45. The van der Waals surface area contributed by atoms with Gasteiger partial charge in [-0.2, -0.15) is 4.39 Å². The highest BCUT2D eigenvalue weighted by Gasteiger charge is 2.57. The third-order valence-corrected chi connectivity index (χ3v) is 7.13. The van der Waals surface area contributed by atoms with Gasteiger partial charge in [0.05, 0.1) is 11.5 Å². The standard InChI is InChI=1S/C25H27Cl2FN2O3/c1-4-15(2)23-25(3,24(33)29-19-10-6-9-18(27)12-19)20(16-7-5-8-17(26)11-16)13-22(32)30(23)14-21(28)31/h5-6,8-12,16,20,23H,2,4,7,13-14H2,1,3H3,(H,29,33)/t16?,20-,23+,25?/m0/s1. The van der Waals surface area contributed by atoms with Gasteiger partial charge in [-0.1, -0.05) is 60.5 Å². The highest BCUT2D eigenvalue weighted by molar-refractivity contribution is 6.31. The smallest absolute Gasteiger partial charge is 0.320 e. The lowest BCUT2D eigenvalue weighted by molar-refractivity contribution is -0.158. The predicted molar refractivity (Wildman–Crippen MR) is 129 cm³/mol. The molecule has 2 aliphatic rings. The summed E-state index contributed by atoms with van der Waals surface area (Å²) in [5.41, 5.74) is -0.155. The van der Waals surface area contributed by atoms with E-state index in [0.717, 1.165) is 4.90 Å². The van der Waals surface area contributed by atoms with Gasteiger partial charge in [0.1, 0.15) is 6.54 Å². The van der Waals surface area contributed by atoms with Gasteiger partial charge in [-0.05, 0) is 55.9 Å². The number of allylic oxidation sites excluding steroid dienone is 4. The Kier molecular flexibility index (Phi) is 7.80. The summed E-state index contributed by atoms with van der Waals surface area (Å²) >= 11 is 12.4.